The van der Waals surface area contributed by atoms with Crippen LogP contribution in [0.4, 0.5) is 0 Å². The molecule has 2 rings (SSSR count). The first-order valence-corrected chi connectivity index (χ1v) is 6.72. The molecule has 4 atom stereocenters. The summed E-state index contributed by atoms with van der Waals surface area (Å²) in [5.74, 6) is 0. The summed E-state index contributed by atoms with van der Waals surface area (Å²) in [7, 11) is 0. The number of rotatable bonds is 0. The predicted molar refractivity (Wildman–Crippen MR) is 71.2 cm³/mol. The SMILES string of the molecule is CC(C)(C)C12C=CCC(C(C)(C)C)(O1)C(O)C2O. The van der Waals surface area contributed by atoms with Gasteiger partial charge in [0.05, 0.1) is 0 Å². The topological polar surface area (TPSA) is 49.7 Å². The van der Waals surface area contributed by atoms with E-state index in [1.54, 1.807) is 0 Å². The van der Waals surface area contributed by atoms with Crippen LogP contribution in [0.2, 0.25) is 0 Å². The van der Waals surface area contributed by atoms with Gasteiger partial charge in [0.25, 0.3) is 0 Å². The Morgan fingerprint density at radius 2 is 1.56 bits per heavy atom. The lowest BCUT2D eigenvalue weighted by Gasteiger charge is -2.49. The van der Waals surface area contributed by atoms with Crippen LogP contribution in [0.1, 0.15) is 48.0 Å². The molecule has 2 N–H and O–H groups in total. The Kier molecular flexibility index (Phi) is 2.80. The van der Waals surface area contributed by atoms with E-state index >= 15 is 0 Å². The van der Waals surface area contributed by atoms with Crippen molar-refractivity contribution >= 4 is 0 Å². The number of hydrogen-bond donors (Lipinski definition) is 2. The van der Waals surface area contributed by atoms with Crippen LogP contribution in [0.3, 0.4) is 0 Å². The maximum atomic E-state index is 10.6. The Hall–Kier alpha value is -0.380. The Labute approximate surface area is 110 Å². The molecule has 3 heteroatoms. The summed E-state index contributed by atoms with van der Waals surface area (Å²) in [4.78, 5) is 0. The van der Waals surface area contributed by atoms with Crippen molar-refractivity contribution < 1.29 is 14.9 Å². The van der Waals surface area contributed by atoms with E-state index in [1.807, 2.05) is 26.8 Å². The minimum absolute atomic E-state index is 0.231. The van der Waals surface area contributed by atoms with Crippen molar-refractivity contribution in [1.82, 2.24) is 0 Å². The van der Waals surface area contributed by atoms with Crippen molar-refractivity contribution in [3.05, 3.63) is 12.2 Å². The van der Waals surface area contributed by atoms with Crippen molar-refractivity contribution in [3.8, 4) is 0 Å². The normalized spacial score (nSPS) is 44.4. The van der Waals surface area contributed by atoms with Gasteiger partial charge in [0.2, 0.25) is 0 Å². The zero-order valence-electron chi connectivity index (χ0n) is 12.3. The van der Waals surface area contributed by atoms with Crippen LogP contribution < -0.4 is 0 Å². The maximum Gasteiger partial charge on any atom is 0.120 e. The average molecular weight is 254 g/mol. The van der Waals surface area contributed by atoms with Crippen LogP contribution in [-0.2, 0) is 4.74 Å². The van der Waals surface area contributed by atoms with Crippen molar-refractivity contribution in [3.63, 3.8) is 0 Å². The average Bonchev–Trinajstić information content (AvgIpc) is 2.38. The van der Waals surface area contributed by atoms with Gasteiger partial charge in [-0.1, -0.05) is 53.7 Å². The van der Waals surface area contributed by atoms with Crippen LogP contribution in [0.5, 0.6) is 0 Å². The van der Waals surface area contributed by atoms with Crippen LogP contribution in [0.25, 0.3) is 0 Å². The summed E-state index contributed by atoms with van der Waals surface area (Å²) in [6, 6.07) is 0. The molecule has 3 nitrogen and oxygen atoms in total. The van der Waals surface area contributed by atoms with Gasteiger partial charge in [0.15, 0.2) is 0 Å². The highest BCUT2D eigenvalue weighted by Crippen LogP contribution is 2.58. The largest absolute Gasteiger partial charge is 0.387 e. The van der Waals surface area contributed by atoms with Crippen molar-refractivity contribution in [2.75, 3.05) is 0 Å². The molecule has 0 amide bonds. The summed E-state index contributed by atoms with van der Waals surface area (Å²) in [5, 5.41) is 21.1. The molecule has 0 aromatic heterocycles. The first kappa shape index (κ1) is 14.0. The number of aliphatic hydroxyl groups is 2. The molecule has 0 aromatic rings. The van der Waals surface area contributed by atoms with Gasteiger partial charge in [0, 0.05) is 0 Å². The highest BCUT2D eigenvalue weighted by Gasteiger charge is 2.69. The quantitative estimate of drug-likeness (QED) is 0.652. The fraction of sp³-hybridized carbons (Fsp3) is 0.867. The van der Waals surface area contributed by atoms with E-state index < -0.39 is 23.4 Å². The molecule has 2 bridgehead atoms. The molecule has 18 heavy (non-hydrogen) atoms. The summed E-state index contributed by atoms with van der Waals surface area (Å²) < 4.78 is 6.34. The monoisotopic (exact) mass is 254 g/mol. The third-order valence-electron chi connectivity index (χ3n) is 4.80. The fourth-order valence-electron chi connectivity index (χ4n) is 3.37. The number of hydrogen-bond acceptors (Lipinski definition) is 3. The lowest BCUT2D eigenvalue weighted by molar-refractivity contribution is -0.197. The first-order chi connectivity index (χ1) is 7.98. The zero-order valence-corrected chi connectivity index (χ0v) is 12.3. The Bertz CT molecular complexity index is 374. The maximum absolute atomic E-state index is 10.6. The van der Waals surface area contributed by atoms with Crippen LogP contribution >= 0.6 is 0 Å². The van der Waals surface area contributed by atoms with Crippen molar-refractivity contribution in [1.29, 1.82) is 0 Å². The zero-order chi connectivity index (χ0) is 14.0. The molecule has 2 heterocycles. The number of fused-ring (bicyclic) bond motifs is 2. The van der Waals surface area contributed by atoms with E-state index in [2.05, 4.69) is 26.8 Å². The fourth-order valence-corrected chi connectivity index (χ4v) is 3.37. The van der Waals surface area contributed by atoms with Crippen LogP contribution in [0.15, 0.2) is 12.2 Å². The van der Waals surface area contributed by atoms with E-state index in [4.69, 9.17) is 4.74 Å². The van der Waals surface area contributed by atoms with Gasteiger partial charge >= 0.3 is 0 Å². The van der Waals surface area contributed by atoms with Gasteiger partial charge in [0.1, 0.15) is 23.4 Å². The van der Waals surface area contributed by atoms with Gasteiger partial charge in [-0.2, -0.15) is 0 Å². The smallest absolute Gasteiger partial charge is 0.120 e. The van der Waals surface area contributed by atoms with Gasteiger partial charge < -0.3 is 14.9 Å². The third kappa shape index (κ3) is 1.47. The van der Waals surface area contributed by atoms with Crippen molar-refractivity contribution in [2.24, 2.45) is 10.8 Å². The molecule has 0 aliphatic carbocycles. The first-order valence-electron chi connectivity index (χ1n) is 6.72. The second-order valence-corrected chi connectivity index (χ2v) is 7.78. The molecule has 2 aliphatic heterocycles. The van der Waals surface area contributed by atoms with Gasteiger partial charge in [-0.3, -0.25) is 0 Å². The standard InChI is InChI=1S/C15H26O3/c1-12(2,3)14-8-7-9-15(18-14,13(4,5)6)11(17)10(14)16/h7-8,10-11,16-17H,9H2,1-6H3. The summed E-state index contributed by atoms with van der Waals surface area (Å²) in [6.07, 6.45) is 2.91. The summed E-state index contributed by atoms with van der Waals surface area (Å²) >= 11 is 0. The molecule has 0 spiro atoms. The molecule has 4 unspecified atom stereocenters. The third-order valence-corrected chi connectivity index (χ3v) is 4.80. The molecule has 104 valence electrons. The molecule has 2 aliphatic rings. The second kappa shape index (κ2) is 3.59. The van der Waals surface area contributed by atoms with Gasteiger partial charge in [-0.05, 0) is 17.3 Å². The Balaban J connectivity index is 2.57. The minimum Gasteiger partial charge on any atom is -0.387 e. The van der Waals surface area contributed by atoms with Crippen molar-refractivity contribution in [2.45, 2.75) is 71.4 Å². The lowest BCUT2D eigenvalue weighted by Crippen LogP contribution is -2.54. The van der Waals surface area contributed by atoms with E-state index in [0.29, 0.717) is 6.42 Å². The van der Waals surface area contributed by atoms with E-state index in [0.717, 1.165) is 0 Å². The molecule has 0 radical (unpaired) electrons. The molecular weight excluding hydrogens is 228 g/mol. The second-order valence-electron chi connectivity index (χ2n) is 7.78. The van der Waals surface area contributed by atoms with E-state index in [9.17, 15) is 10.2 Å². The van der Waals surface area contributed by atoms with E-state index in [-0.39, 0.29) is 10.8 Å². The van der Waals surface area contributed by atoms with Crippen LogP contribution in [0, 0.1) is 10.8 Å². The predicted octanol–water partition coefficient (Wildman–Crippen LogP) is 2.27. The molecular formula is C15H26O3. The molecule has 1 fully saturated rings. The molecule has 1 saturated heterocycles. The van der Waals surface area contributed by atoms with E-state index in [1.165, 1.54) is 0 Å². The summed E-state index contributed by atoms with van der Waals surface area (Å²) in [5.41, 5.74) is -1.99. The van der Waals surface area contributed by atoms with Crippen LogP contribution in [-0.4, -0.2) is 33.6 Å². The lowest BCUT2D eigenvalue weighted by atomic mass is 9.70. The highest BCUT2D eigenvalue weighted by atomic mass is 16.6. The van der Waals surface area contributed by atoms with Gasteiger partial charge in [-0.15, -0.1) is 0 Å². The minimum atomic E-state index is -0.879. The Morgan fingerprint density at radius 1 is 1.00 bits per heavy atom. The Morgan fingerprint density at radius 3 is 2.00 bits per heavy atom. The van der Waals surface area contributed by atoms with Gasteiger partial charge in [-0.25, -0.2) is 0 Å². The highest BCUT2D eigenvalue weighted by molar-refractivity contribution is 5.28. The summed E-state index contributed by atoms with van der Waals surface area (Å²) in [6.45, 7) is 12.3. The molecule has 0 aromatic carbocycles. The number of aliphatic hydroxyl groups excluding tert-OH is 2. The number of ether oxygens (including phenoxy) is 1. The molecule has 0 saturated carbocycles.